The maximum Gasteiger partial charge on any atom is 0.0948 e. The normalized spacial score (nSPS) is 26.4. The molecule has 1 aromatic heterocycles. The van der Waals surface area contributed by atoms with Crippen molar-refractivity contribution in [3.05, 3.63) is 54.6 Å². The summed E-state index contributed by atoms with van der Waals surface area (Å²) in [4.78, 5) is 4.24. The number of rotatable bonds is 4. The van der Waals surface area contributed by atoms with Crippen molar-refractivity contribution in [1.29, 1.82) is 0 Å². The fourth-order valence-corrected chi connectivity index (χ4v) is 3.58. The topological polar surface area (TPSA) is 27.1 Å². The molecule has 1 aliphatic rings. The van der Waals surface area contributed by atoms with E-state index in [-0.39, 0.29) is 0 Å². The third-order valence-corrected chi connectivity index (χ3v) is 4.55. The summed E-state index contributed by atoms with van der Waals surface area (Å²) in [5.41, 5.74) is 1.42. The largest absolute Gasteiger partial charge is 0.378 e. The van der Waals surface area contributed by atoms with E-state index >= 15 is 0 Å². The molecule has 0 N–H and O–H groups in total. The number of nitrogens with zero attached hydrogens (tertiary/aromatic N) is 2. The van der Waals surface area contributed by atoms with E-state index in [9.17, 15) is 0 Å². The van der Waals surface area contributed by atoms with Crippen molar-refractivity contribution in [2.45, 2.75) is 50.7 Å². The summed E-state index contributed by atoms with van der Waals surface area (Å²) < 4.78 is 8.24. The smallest absolute Gasteiger partial charge is 0.0948 e. The quantitative estimate of drug-likeness (QED) is 0.787. The molecule has 0 amide bonds. The third kappa shape index (κ3) is 3.35. The molecule has 3 unspecified atom stereocenters. The second-order valence-electron chi connectivity index (χ2n) is 5.84. The van der Waals surface area contributed by atoms with E-state index in [0.29, 0.717) is 18.1 Å². The van der Waals surface area contributed by atoms with Crippen LogP contribution in [0.15, 0.2) is 49.1 Å². The Morgan fingerprint density at radius 3 is 2.81 bits per heavy atom. The maximum atomic E-state index is 5.96. The van der Waals surface area contributed by atoms with Gasteiger partial charge in [0.15, 0.2) is 0 Å². The first-order chi connectivity index (χ1) is 10.4. The highest BCUT2D eigenvalue weighted by Gasteiger charge is 2.30. The predicted molar refractivity (Wildman–Crippen MR) is 84.3 cm³/mol. The van der Waals surface area contributed by atoms with Gasteiger partial charge < -0.3 is 9.30 Å². The lowest BCUT2D eigenvalue weighted by Crippen LogP contribution is -2.20. The highest BCUT2D eigenvalue weighted by Crippen LogP contribution is 2.40. The van der Waals surface area contributed by atoms with E-state index in [4.69, 9.17) is 4.74 Å². The lowest BCUT2D eigenvalue weighted by Gasteiger charge is -2.28. The van der Waals surface area contributed by atoms with Crippen LogP contribution < -0.4 is 0 Å². The van der Waals surface area contributed by atoms with Gasteiger partial charge in [0.1, 0.15) is 0 Å². The van der Waals surface area contributed by atoms with Crippen molar-refractivity contribution >= 4 is 0 Å². The van der Waals surface area contributed by atoms with Crippen molar-refractivity contribution in [3.8, 4) is 0 Å². The van der Waals surface area contributed by atoms with Crippen LogP contribution in [-0.4, -0.2) is 22.3 Å². The number of hydrogen-bond acceptors (Lipinski definition) is 2. The molecule has 112 valence electrons. The van der Waals surface area contributed by atoms with Crippen LogP contribution in [0, 0.1) is 0 Å². The number of benzene rings is 1. The average molecular weight is 284 g/mol. The maximum absolute atomic E-state index is 5.96. The molecule has 0 spiro atoms. The molecule has 0 radical (unpaired) electrons. The predicted octanol–water partition coefficient (Wildman–Crippen LogP) is 4.19. The highest BCUT2D eigenvalue weighted by molar-refractivity contribution is 5.21. The lowest BCUT2D eigenvalue weighted by atomic mass is 9.87. The molecular formula is C18H24N2O. The zero-order valence-corrected chi connectivity index (χ0v) is 12.7. The fourth-order valence-electron chi connectivity index (χ4n) is 3.58. The van der Waals surface area contributed by atoms with Crippen LogP contribution in [0.1, 0.15) is 50.1 Å². The SMILES string of the molecule is CCOC1CCCC(n2ccnc2)C(c2ccccc2)C1. The molecule has 0 saturated heterocycles. The Morgan fingerprint density at radius 1 is 1.24 bits per heavy atom. The zero-order chi connectivity index (χ0) is 14.5. The Hall–Kier alpha value is -1.61. The Kier molecular flexibility index (Phi) is 4.71. The molecule has 0 aliphatic heterocycles. The molecule has 1 saturated carbocycles. The van der Waals surface area contributed by atoms with Crippen LogP contribution in [0.5, 0.6) is 0 Å². The molecule has 1 aliphatic carbocycles. The van der Waals surface area contributed by atoms with E-state index in [1.807, 2.05) is 12.5 Å². The molecule has 3 atom stereocenters. The number of aromatic nitrogens is 2. The van der Waals surface area contributed by atoms with E-state index in [0.717, 1.165) is 13.0 Å². The van der Waals surface area contributed by atoms with Gasteiger partial charge in [0.25, 0.3) is 0 Å². The third-order valence-electron chi connectivity index (χ3n) is 4.55. The molecule has 1 heterocycles. The average Bonchev–Trinajstić information content (AvgIpc) is 2.97. The molecule has 2 aromatic rings. The van der Waals surface area contributed by atoms with Crippen LogP contribution in [-0.2, 0) is 4.74 Å². The fraction of sp³-hybridized carbons (Fsp3) is 0.500. The summed E-state index contributed by atoms with van der Waals surface area (Å²) in [5, 5.41) is 0. The minimum absolute atomic E-state index is 0.383. The highest BCUT2D eigenvalue weighted by atomic mass is 16.5. The van der Waals surface area contributed by atoms with Gasteiger partial charge >= 0.3 is 0 Å². The first-order valence-electron chi connectivity index (χ1n) is 8.02. The zero-order valence-electron chi connectivity index (χ0n) is 12.7. The molecule has 3 heteroatoms. The van der Waals surface area contributed by atoms with Gasteiger partial charge in [-0.05, 0) is 38.2 Å². The van der Waals surface area contributed by atoms with Gasteiger partial charge in [-0.1, -0.05) is 30.3 Å². The second-order valence-corrected chi connectivity index (χ2v) is 5.84. The first-order valence-corrected chi connectivity index (χ1v) is 8.02. The number of imidazole rings is 1. The Bertz CT molecular complexity index is 523. The summed E-state index contributed by atoms with van der Waals surface area (Å²) in [5.74, 6) is 0.499. The molecule has 3 nitrogen and oxygen atoms in total. The van der Waals surface area contributed by atoms with E-state index in [1.165, 1.54) is 24.8 Å². The molecule has 1 aromatic carbocycles. The summed E-state index contributed by atoms with van der Waals surface area (Å²) in [6.45, 7) is 2.90. The van der Waals surface area contributed by atoms with Gasteiger partial charge in [0.2, 0.25) is 0 Å². The molecule has 0 bridgehead atoms. The van der Waals surface area contributed by atoms with Crippen molar-refractivity contribution in [2.75, 3.05) is 6.61 Å². The first kappa shape index (κ1) is 14.3. The second kappa shape index (κ2) is 6.90. The van der Waals surface area contributed by atoms with Crippen molar-refractivity contribution in [2.24, 2.45) is 0 Å². The van der Waals surface area contributed by atoms with Gasteiger partial charge in [0, 0.05) is 31.0 Å². The Balaban J connectivity index is 1.90. The van der Waals surface area contributed by atoms with Crippen LogP contribution in [0.4, 0.5) is 0 Å². The van der Waals surface area contributed by atoms with Gasteiger partial charge in [-0.25, -0.2) is 4.98 Å². The van der Waals surface area contributed by atoms with Crippen LogP contribution in [0.2, 0.25) is 0 Å². The number of ether oxygens (including phenoxy) is 1. The molecule has 21 heavy (non-hydrogen) atoms. The van der Waals surface area contributed by atoms with Gasteiger partial charge in [0.05, 0.1) is 12.4 Å². The van der Waals surface area contributed by atoms with Crippen LogP contribution in [0.25, 0.3) is 0 Å². The Labute approximate surface area is 127 Å². The van der Waals surface area contributed by atoms with E-state index in [1.54, 1.807) is 0 Å². The Morgan fingerprint density at radius 2 is 2.10 bits per heavy atom. The van der Waals surface area contributed by atoms with E-state index < -0.39 is 0 Å². The van der Waals surface area contributed by atoms with Crippen LogP contribution >= 0.6 is 0 Å². The van der Waals surface area contributed by atoms with Gasteiger partial charge in [-0.2, -0.15) is 0 Å². The summed E-state index contributed by atoms with van der Waals surface area (Å²) >= 11 is 0. The van der Waals surface area contributed by atoms with Crippen LogP contribution in [0.3, 0.4) is 0 Å². The summed E-state index contributed by atoms with van der Waals surface area (Å²) in [7, 11) is 0. The number of hydrogen-bond donors (Lipinski definition) is 0. The molecule has 3 rings (SSSR count). The molecule has 1 fully saturated rings. The summed E-state index contributed by atoms with van der Waals surface area (Å²) in [6, 6.07) is 11.4. The monoisotopic (exact) mass is 284 g/mol. The minimum Gasteiger partial charge on any atom is -0.378 e. The van der Waals surface area contributed by atoms with Gasteiger partial charge in [-0.15, -0.1) is 0 Å². The van der Waals surface area contributed by atoms with Crippen molar-refractivity contribution in [1.82, 2.24) is 9.55 Å². The lowest BCUT2D eigenvalue weighted by molar-refractivity contribution is 0.0480. The van der Waals surface area contributed by atoms with E-state index in [2.05, 4.69) is 53.0 Å². The molecular weight excluding hydrogens is 260 g/mol. The minimum atomic E-state index is 0.383. The summed E-state index contributed by atoms with van der Waals surface area (Å²) in [6.07, 6.45) is 11.0. The van der Waals surface area contributed by atoms with Gasteiger partial charge in [-0.3, -0.25) is 0 Å². The standard InChI is InChI=1S/C18H24N2O/c1-2-21-16-9-6-10-18(20-12-11-19-14-20)17(13-16)15-7-4-3-5-8-15/h3-5,7-8,11-12,14,16-18H,2,6,9-10,13H2,1H3. The van der Waals surface area contributed by atoms with Crippen molar-refractivity contribution < 1.29 is 4.74 Å². The van der Waals surface area contributed by atoms with Crippen molar-refractivity contribution in [3.63, 3.8) is 0 Å².